The number of barbiturate groups is 1. The molecular weight excluding hydrogens is 222 g/mol. The average molecular weight is 233 g/mol. The van der Waals surface area contributed by atoms with Crippen molar-refractivity contribution in [2.24, 2.45) is 5.92 Å². The Hall–Kier alpha value is -2.24. The first-order valence-corrected chi connectivity index (χ1v) is 5.11. The Morgan fingerprint density at radius 2 is 2.00 bits per heavy atom. The van der Waals surface area contributed by atoms with Gasteiger partial charge in [0.2, 0.25) is 11.8 Å². The van der Waals surface area contributed by atoms with Gasteiger partial charge >= 0.3 is 6.03 Å². The van der Waals surface area contributed by atoms with Gasteiger partial charge in [-0.25, -0.2) is 9.69 Å². The molecule has 2 rings (SSSR count). The third kappa shape index (κ3) is 1.89. The Bertz CT molecular complexity index is 512. The molecule has 1 unspecified atom stereocenters. The van der Waals surface area contributed by atoms with Gasteiger partial charge in [-0.05, 0) is 25.5 Å². The lowest BCUT2D eigenvalue weighted by atomic mass is 10.1. The van der Waals surface area contributed by atoms with E-state index in [-0.39, 0.29) is 0 Å². The molecule has 4 amide bonds. The number of hydrogen-bond acceptors (Lipinski definition) is 4. The molecule has 88 valence electrons. The Labute approximate surface area is 97.6 Å². The first-order valence-electron chi connectivity index (χ1n) is 5.11. The number of nitrogens with one attached hydrogen (secondary N) is 1. The van der Waals surface area contributed by atoms with Gasteiger partial charge in [0.25, 0.3) is 0 Å². The van der Waals surface area contributed by atoms with Gasteiger partial charge in [0.05, 0.1) is 11.9 Å². The van der Waals surface area contributed by atoms with Crippen LogP contribution in [0.3, 0.4) is 0 Å². The number of nitrogens with zero attached hydrogens (tertiary/aromatic N) is 2. The Balaban J connectivity index is 2.41. The molecule has 2 heterocycles. The molecule has 0 spiro atoms. The van der Waals surface area contributed by atoms with Crippen LogP contribution in [0.1, 0.15) is 12.5 Å². The van der Waals surface area contributed by atoms with Crippen LogP contribution in [0.2, 0.25) is 0 Å². The van der Waals surface area contributed by atoms with E-state index in [1.807, 2.05) is 0 Å². The lowest BCUT2D eigenvalue weighted by molar-refractivity contribution is -0.133. The number of aryl methyl sites for hydroxylation is 1. The van der Waals surface area contributed by atoms with Crippen molar-refractivity contribution in [3.8, 4) is 0 Å². The standard InChI is InChI=1S/C11H11N3O3/c1-6-3-8(5-12-4-6)14-10(16)7(2)9(15)13-11(14)17/h3-5,7H,1-2H3,(H,13,15,17). The summed E-state index contributed by atoms with van der Waals surface area (Å²) in [5.41, 5.74) is 1.19. The van der Waals surface area contributed by atoms with Crippen molar-refractivity contribution >= 4 is 23.5 Å². The van der Waals surface area contributed by atoms with E-state index in [1.54, 1.807) is 19.2 Å². The molecule has 0 saturated carbocycles. The molecule has 0 radical (unpaired) electrons. The number of amides is 4. The van der Waals surface area contributed by atoms with Crippen molar-refractivity contribution in [2.75, 3.05) is 4.90 Å². The smallest absolute Gasteiger partial charge is 0.277 e. The van der Waals surface area contributed by atoms with Gasteiger partial charge in [0.1, 0.15) is 5.92 Å². The molecule has 1 atom stereocenters. The summed E-state index contributed by atoms with van der Waals surface area (Å²) in [6, 6.07) is 0.929. The van der Waals surface area contributed by atoms with E-state index < -0.39 is 23.8 Å². The highest BCUT2D eigenvalue weighted by atomic mass is 16.2. The van der Waals surface area contributed by atoms with Crippen molar-refractivity contribution in [2.45, 2.75) is 13.8 Å². The van der Waals surface area contributed by atoms with Crippen LogP contribution in [0.4, 0.5) is 10.5 Å². The molecule has 0 aromatic carbocycles. The summed E-state index contributed by atoms with van der Waals surface area (Å²) < 4.78 is 0. The van der Waals surface area contributed by atoms with Crippen molar-refractivity contribution in [1.29, 1.82) is 0 Å². The number of anilines is 1. The van der Waals surface area contributed by atoms with Crippen LogP contribution < -0.4 is 10.2 Å². The summed E-state index contributed by atoms with van der Waals surface area (Å²) in [6.45, 7) is 3.26. The number of pyridine rings is 1. The van der Waals surface area contributed by atoms with Crippen molar-refractivity contribution < 1.29 is 14.4 Å². The summed E-state index contributed by atoms with van der Waals surface area (Å²) in [7, 11) is 0. The van der Waals surface area contributed by atoms with Gasteiger partial charge in [-0.2, -0.15) is 0 Å². The second-order valence-electron chi connectivity index (χ2n) is 3.91. The van der Waals surface area contributed by atoms with Gasteiger partial charge in [-0.1, -0.05) is 0 Å². The number of rotatable bonds is 1. The lowest BCUT2D eigenvalue weighted by Gasteiger charge is -2.28. The molecule has 1 aliphatic heterocycles. The normalized spacial score (nSPS) is 20.5. The highest BCUT2D eigenvalue weighted by molar-refractivity contribution is 6.27. The molecule has 0 bridgehead atoms. The zero-order valence-electron chi connectivity index (χ0n) is 9.43. The first kappa shape index (κ1) is 11.3. The van der Waals surface area contributed by atoms with Crippen LogP contribution in [0.5, 0.6) is 0 Å². The zero-order valence-corrected chi connectivity index (χ0v) is 9.43. The number of hydrogen-bond donors (Lipinski definition) is 1. The average Bonchev–Trinajstić information content (AvgIpc) is 2.26. The second-order valence-corrected chi connectivity index (χ2v) is 3.91. The van der Waals surface area contributed by atoms with Crippen molar-refractivity contribution in [3.05, 3.63) is 24.0 Å². The number of carbonyl (C=O) groups is 3. The minimum absolute atomic E-state index is 0.367. The predicted molar refractivity (Wildman–Crippen MR) is 59.2 cm³/mol. The van der Waals surface area contributed by atoms with E-state index in [2.05, 4.69) is 10.3 Å². The zero-order chi connectivity index (χ0) is 12.6. The number of imide groups is 2. The SMILES string of the molecule is Cc1cncc(N2C(=O)NC(=O)C(C)C2=O)c1. The van der Waals surface area contributed by atoms with E-state index in [0.717, 1.165) is 10.5 Å². The van der Waals surface area contributed by atoms with E-state index >= 15 is 0 Å². The second kappa shape index (κ2) is 3.97. The van der Waals surface area contributed by atoms with Crippen molar-refractivity contribution in [3.63, 3.8) is 0 Å². The fourth-order valence-corrected chi connectivity index (χ4v) is 1.58. The van der Waals surface area contributed by atoms with Crippen LogP contribution in [-0.4, -0.2) is 22.8 Å². The largest absolute Gasteiger partial charge is 0.335 e. The quantitative estimate of drug-likeness (QED) is 0.721. The minimum Gasteiger partial charge on any atom is -0.277 e. The topological polar surface area (TPSA) is 79.4 Å². The number of urea groups is 1. The van der Waals surface area contributed by atoms with Crippen molar-refractivity contribution in [1.82, 2.24) is 10.3 Å². The van der Waals surface area contributed by atoms with E-state index in [1.165, 1.54) is 13.1 Å². The Kier molecular flexibility index (Phi) is 2.63. The molecule has 1 saturated heterocycles. The van der Waals surface area contributed by atoms with E-state index in [9.17, 15) is 14.4 Å². The van der Waals surface area contributed by atoms with Crippen LogP contribution in [0.25, 0.3) is 0 Å². The maximum Gasteiger partial charge on any atom is 0.335 e. The summed E-state index contributed by atoms with van der Waals surface area (Å²) in [5.74, 6) is -1.98. The third-order valence-corrected chi connectivity index (χ3v) is 2.54. The molecule has 6 heteroatoms. The molecular formula is C11H11N3O3. The van der Waals surface area contributed by atoms with Gasteiger partial charge in [0.15, 0.2) is 0 Å². The summed E-state index contributed by atoms with van der Waals surface area (Å²) in [4.78, 5) is 39.6. The number of aromatic nitrogens is 1. The molecule has 1 N–H and O–H groups in total. The summed E-state index contributed by atoms with van der Waals surface area (Å²) in [5, 5.41) is 2.13. The maximum atomic E-state index is 11.9. The van der Waals surface area contributed by atoms with Crippen LogP contribution in [0.15, 0.2) is 18.5 Å². The Morgan fingerprint density at radius 3 is 2.65 bits per heavy atom. The summed E-state index contributed by atoms with van der Waals surface area (Å²) in [6.07, 6.45) is 3.03. The Morgan fingerprint density at radius 1 is 1.29 bits per heavy atom. The molecule has 17 heavy (non-hydrogen) atoms. The van der Waals surface area contributed by atoms with Crippen LogP contribution in [0, 0.1) is 12.8 Å². The summed E-state index contributed by atoms with van der Waals surface area (Å²) >= 11 is 0. The first-order chi connectivity index (χ1) is 8.00. The molecule has 1 aliphatic rings. The molecule has 1 fully saturated rings. The van der Waals surface area contributed by atoms with Gasteiger partial charge < -0.3 is 0 Å². The predicted octanol–water partition coefficient (Wildman–Crippen LogP) is 0.609. The lowest BCUT2D eigenvalue weighted by Crippen LogP contribution is -2.57. The van der Waals surface area contributed by atoms with Crippen LogP contribution >= 0.6 is 0 Å². The number of carbonyl (C=O) groups excluding carboxylic acids is 3. The van der Waals surface area contributed by atoms with Gasteiger partial charge in [-0.3, -0.25) is 19.9 Å². The fraction of sp³-hybridized carbons (Fsp3) is 0.273. The van der Waals surface area contributed by atoms with E-state index in [0.29, 0.717) is 5.69 Å². The monoisotopic (exact) mass is 233 g/mol. The molecule has 6 nitrogen and oxygen atoms in total. The van der Waals surface area contributed by atoms with Gasteiger partial charge in [-0.15, -0.1) is 0 Å². The molecule has 0 aliphatic carbocycles. The third-order valence-electron chi connectivity index (χ3n) is 2.54. The van der Waals surface area contributed by atoms with E-state index in [4.69, 9.17) is 0 Å². The maximum absolute atomic E-state index is 11.9. The molecule has 1 aromatic heterocycles. The highest BCUT2D eigenvalue weighted by Gasteiger charge is 2.38. The fourth-order valence-electron chi connectivity index (χ4n) is 1.58. The van der Waals surface area contributed by atoms with Crippen LogP contribution in [-0.2, 0) is 9.59 Å². The molecule has 1 aromatic rings. The van der Waals surface area contributed by atoms with Gasteiger partial charge in [0, 0.05) is 6.20 Å². The minimum atomic E-state index is -0.867. The highest BCUT2D eigenvalue weighted by Crippen LogP contribution is 2.20.